The van der Waals surface area contributed by atoms with Gasteiger partial charge >= 0.3 is 0 Å². The van der Waals surface area contributed by atoms with E-state index in [1.165, 1.54) is 4.31 Å². The Morgan fingerprint density at radius 3 is 2.33 bits per heavy atom. The van der Waals surface area contributed by atoms with Gasteiger partial charge in [0.2, 0.25) is 5.91 Å². The van der Waals surface area contributed by atoms with Crippen molar-refractivity contribution in [3.05, 3.63) is 0 Å². The van der Waals surface area contributed by atoms with Crippen LogP contribution in [0.25, 0.3) is 0 Å². The molecule has 0 saturated carbocycles. The molecule has 7 nitrogen and oxygen atoms in total. The summed E-state index contributed by atoms with van der Waals surface area (Å²) in [5.41, 5.74) is 0. The van der Waals surface area contributed by atoms with Crippen molar-refractivity contribution in [3.63, 3.8) is 0 Å². The maximum absolute atomic E-state index is 12.0. The maximum atomic E-state index is 12.0. The van der Waals surface area contributed by atoms with Gasteiger partial charge in [-0.15, -0.1) is 24.2 Å². The van der Waals surface area contributed by atoms with Crippen molar-refractivity contribution in [2.75, 3.05) is 37.8 Å². The van der Waals surface area contributed by atoms with E-state index in [2.05, 4.69) is 5.32 Å². The fourth-order valence-electron chi connectivity index (χ4n) is 1.94. The molecule has 0 aromatic rings. The van der Waals surface area contributed by atoms with Crippen LogP contribution >= 0.6 is 24.2 Å². The van der Waals surface area contributed by atoms with Crippen molar-refractivity contribution in [1.29, 1.82) is 0 Å². The van der Waals surface area contributed by atoms with Crippen molar-refractivity contribution < 1.29 is 13.2 Å². The minimum atomic E-state index is -3.62. The Morgan fingerprint density at radius 2 is 1.89 bits per heavy atom. The molecule has 0 aliphatic carbocycles. The summed E-state index contributed by atoms with van der Waals surface area (Å²) in [6.45, 7) is 1.39. The molecule has 106 valence electrons. The van der Waals surface area contributed by atoms with Gasteiger partial charge < -0.3 is 4.90 Å². The lowest BCUT2D eigenvalue weighted by Gasteiger charge is -2.34. The van der Waals surface area contributed by atoms with Gasteiger partial charge in [-0.1, -0.05) is 0 Å². The first kappa shape index (κ1) is 16.0. The van der Waals surface area contributed by atoms with Gasteiger partial charge in [-0.3, -0.25) is 10.1 Å². The predicted molar refractivity (Wildman–Crippen MR) is 72.8 cm³/mol. The summed E-state index contributed by atoms with van der Waals surface area (Å²) >= 11 is 1.69. The SMILES string of the molecule is Cl.NS(=O)(=O)N1CCN(C(=O)C2CSCN2)CC1. The predicted octanol–water partition coefficient (Wildman–Crippen LogP) is -1.58. The number of amides is 1. The summed E-state index contributed by atoms with van der Waals surface area (Å²) < 4.78 is 23.4. The molecule has 2 aliphatic heterocycles. The van der Waals surface area contributed by atoms with Crippen LogP contribution in [0, 0.1) is 0 Å². The van der Waals surface area contributed by atoms with Gasteiger partial charge in [-0.05, 0) is 0 Å². The van der Waals surface area contributed by atoms with Crippen LogP contribution in [0.4, 0.5) is 0 Å². The molecule has 0 spiro atoms. The van der Waals surface area contributed by atoms with E-state index in [-0.39, 0.29) is 37.4 Å². The Morgan fingerprint density at radius 1 is 1.28 bits per heavy atom. The molecule has 0 radical (unpaired) electrons. The van der Waals surface area contributed by atoms with Crippen molar-refractivity contribution >= 4 is 40.3 Å². The zero-order valence-corrected chi connectivity index (χ0v) is 12.2. The van der Waals surface area contributed by atoms with Crippen LogP contribution in [-0.4, -0.2) is 67.4 Å². The molecule has 2 fully saturated rings. The van der Waals surface area contributed by atoms with E-state index in [4.69, 9.17) is 5.14 Å². The number of thioether (sulfide) groups is 1. The molecule has 2 rings (SSSR count). The van der Waals surface area contributed by atoms with Crippen molar-refractivity contribution in [2.24, 2.45) is 5.14 Å². The van der Waals surface area contributed by atoms with Crippen molar-refractivity contribution in [2.45, 2.75) is 6.04 Å². The van der Waals surface area contributed by atoms with E-state index in [1.807, 2.05) is 0 Å². The average molecular weight is 317 g/mol. The molecule has 10 heteroatoms. The van der Waals surface area contributed by atoms with Crippen LogP contribution in [0.2, 0.25) is 0 Å². The molecule has 0 bridgehead atoms. The first-order valence-corrected chi connectivity index (χ1v) is 8.02. The first-order chi connectivity index (χ1) is 7.98. The van der Waals surface area contributed by atoms with Gasteiger partial charge in [0.05, 0.1) is 6.04 Å². The van der Waals surface area contributed by atoms with E-state index in [0.29, 0.717) is 13.1 Å². The van der Waals surface area contributed by atoms with E-state index >= 15 is 0 Å². The van der Waals surface area contributed by atoms with Gasteiger partial charge in [0, 0.05) is 37.8 Å². The molecule has 0 aromatic carbocycles. The highest BCUT2D eigenvalue weighted by molar-refractivity contribution is 7.99. The highest BCUT2D eigenvalue weighted by Crippen LogP contribution is 2.13. The molecule has 1 amide bonds. The molecule has 1 atom stereocenters. The third-order valence-electron chi connectivity index (χ3n) is 2.92. The lowest BCUT2D eigenvalue weighted by atomic mass is 10.2. The monoisotopic (exact) mass is 316 g/mol. The first-order valence-electron chi connectivity index (χ1n) is 5.36. The molecular weight excluding hydrogens is 300 g/mol. The molecule has 0 aromatic heterocycles. The average Bonchev–Trinajstić information content (AvgIpc) is 2.80. The Balaban J connectivity index is 0.00000162. The fraction of sp³-hybridized carbons (Fsp3) is 0.875. The number of rotatable bonds is 2. The smallest absolute Gasteiger partial charge is 0.277 e. The minimum absolute atomic E-state index is 0. The van der Waals surface area contributed by atoms with Crippen LogP contribution in [0.1, 0.15) is 0 Å². The largest absolute Gasteiger partial charge is 0.339 e. The number of nitrogens with two attached hydrogens (primary N) is 1. The number of carbonyl (C=O) groups is 1. The highest BCUT2D eigenvalue weighted by atomic mass is 35.5. The summed E-state index contributed by atoms with van der Waals surface area (Å²) in [4.78, 5) is 13.7. The standard InChI is InChI=1S/C8H16N4O3S2.ClH/c9-17(14,15)12-3-1-11(2-4-12)8(13)7-5-16-6-10-7;/h7,10H,1-6H2,(H2,9,14,15);1H. The van der Waals surface area contributed by atoms with Gasteiger partial charge in [-0.2, -0.15) is 12.7 Å². The molecule has 1 unspecified atom stereocenters. The second-order valence-corrected chi connectivity index (χ2v) is 6.62. The van der Waals surface area contributed by atoms with Gasteiger partial charge in [0.25, 0.3) is 10.2 Å². The summed E-state index contributed by atoms with van der Waals surface area (Å²) in [5, 5.41) is 8.14. The third-order valence-corrected chi connectivity index (χ3v) is 4.95. The number of piperazine rings is 1. The normalized spacial score (nSPS) is 25.8. The molecule has 3 N–H and O–H groups in total. The second kappa shape index (κ2) is 6.40. The molecule has 2 aliphatic rings. The maximum Gasteiger partial charge on any atom is 0.277 e. The van der Waals surface area contributed by atoms with Crippen LogP contribution in [-0.2, 0) is 15.0 Å². The number of carbonyl (C=O) groups excluding carboxylic acids is 1. The van der Waals surface area contributed by atoms with Crippen LogP contribution < -0.4 is 10.5 Å². The number of hydrogen-bond acceptors (Lipinski definition) is 5. The van der Waals surface area contributed by atoms with E-state index in [1.54, 1.807) is 16.7 Å². The lowest BCUT2D eigenvalue weighted by Crippen LogP contribution is -2.55. The number of nitrogens with one attached hydrogen (secondary N) is 1. The molecule has 18 heavy (non-hydrogen) atoms. The van der Waals surface area contributed by atoms with Crippen molar-refractivity contribution in [1.82, 2.24) is 14.5 Å². The molecule has 2 heterocycles. The topological polar surface area (TPSA) is 95.7 Å². The number of halogens is 1. The summed E-state index contributed by atoms with van der Waals surface area (Å²) in [6, 6.07) is -0.124. The summed E-state index contributed by atoms with van der Waals surface area (Å²) in [6.07, 6.45) is 0. The van der Waals surface area contributed by atoms with Crippen LogP contribution in [0.3, 0.4) is 0 Å². The Kier molecular flexibility index (Phi) is 5.68. The van der Waals surface area contributed by atoms with Crippen molar-refractivity contribution in [3.8, 4) is 0 Å². The van der Waals surface area contributed by atoms with Gasteiger partial charge in [0.1, 0.15) is 0 Å². The van der Waals surface area contributed by atoms with E-state index < -0.39 is 10.2 Å². The molecular formula is C8H17ClN4O3S2. The summed E-state index contributed by atoms with van der Waals surface area (Å²) in [5.74, 6) is 1.64. The van der Waals surface area contributed by atoms with E-state index in [0.717, 1.165) is 11.6 Å². The second-order valence-electron chi connectivity index (χ2n) is 4.04. The summed E-state index contributed by atoms with van der Waals surface area (Å²) in [7, 11) is -3.62. The Labute approximate surface area is 117 Å². The van der Waals surface area contributed by atoms with Crippen LogP contribution in [0.5, 0.6) is 0 Å². The lowest BCUT2D eigenvalue weighted by molar-refractivity contribution is -0.133. The fourth-order valence-corrected chi connectivity index (χ4v) is 3.54. The quantitative estimate of drug-likeness (QED) is 0.641. The van der Waals surface area contributed by atoms with E-state index in [9.17, 15) is 13.2 Å². The van der Waals surface area contributed by atoms with Gasteiger partial charge in [-0.25, -0.2) is 5.14 Å². The third kappa shape index (κ3) is 3.72. The number of nitrogens with zero attached hydrogens (tertiary/aromatic N) is 2. The highest BCUT2D eigenvalue weighted by Gasteiger charge is 2.31. The Hall–Kier alpha value is -0.0600. The zero-order chi connectivity index (χ0) is 12.5. The molecule has 2 saturated heterocycles. The zero-order valence-electron chi connectivity index (χ0n) is 9.74. The van der Waals surface area contributed by atoms with Crippen LogP contribution in [0.15, 0.2) is 0 Å². The Bertz CT molecular complexity index is 391. The van der Waals surface area contributed by atoms with Gasteiger partial charge in [0.15, 0.2) is 0 Å². The number of hydrogen-bond donors (Lipinski definition) is 2. The minimum Gasteiger partial charge on any atom is -0.339 e.